The number of carbonyl (C=O) groups excluding carboxylic acids is 1. The molecule has 3 heterocycles. The SMILES string of the molecule is O=C([C@@H]1C[C@H]1c1ccc(Cl)s1)N1CCN(c2ncccn2)CC1. The van der Waals surface area contributed by atoms with Crippen LogP contribution < -0.4 is 4.90 Å². The highest BCUT2D eigenvalue weighted by atomic mass is 35.5. The summed E-state index contributed by atoms with van der Waals surface area (Å²) in [7, 11) is 0. The minimum absolute atomic E-state index is 0.143. The predicted octanol–water partition coefficient (Wildman–Crippen LogP) is 2.64. The van der Waals surface area contributed by atoms with E-state index in [9.17, 15) is 4.79 Å². The molecule has 0 radical (unpaired) electrons. The number of thiophene rings is 1. The van der Waals surface area contributed by atoms with Gasteiger partial charge in [0.2, 0.25) is 11.9 Å². The number of anilines is 1. The summed E-state index contributed by atoms with van der Waals surface area (Å²) >= 11 is 7.58. The highest BCUT2D eigenvalue weighted by Gasteiger charge is 2.46. The molecule has 0 N–H and O–H groups in total. The van der Waals surface area contributed by atoms with Gasteiger partial charge in [-0.05, 0) is 24.6 Å². The summed E-state index contributed by atoms with van der Waals surface area (Å²) in [6.07, 6.45) is 4.46. The monoisotopic (exact) mass is 348 g/mol. The molecule has 7 heteroatoms. The highest BCUT2D eigenvalue weighted by molar-refractivity contribution is 7.16. The Morgan fingerprint density at radius 3 is 2.57 bits per heavy atom. The van der Waals surface area contributed by atoms with Crippen LogP contribution in [0.3, 0.4) is 0 Å². The second kappa shape index (κ2) is 6.09. The molecular weight excluding hydrogens is 332 g/mol. The van der Waals surface area contributed by atoms with Gasteiger partial charge in [0.25, 0.3) is 0 Å². The molecule has 2 aromatic heterocycles. The van der Waals surface area contributed by atoms with Gasteiger partial charge < -0.3 is 9.80 Å². The Hall–Kier alpha value is -1.66. The minimum atomic E-state index is 0.143. The van der Waals surface area contributed by atoms with Crippen molar-refractivity contribution in [3.05, 3.63) is 39.8 Å². The van der Waals surface area contributed by atoms with Crippen LogP contribution in [0.1, 0.15) is 17.2 Å². The van der Waals surface area contributed by atoms with E-state index in [4.69, 9.17) is 11.6 Å². The summed E-state index contributed by atoms with van der Waals surface area (Å²) in [5.41, 5.74) is 0. The van der Waals surface area contributed by atoms with Crippen molar-refractivity contribution in [1.29, 1.82) is 0 Å². The molecule has 120 valence electrons. The fourth-order valence-electron chi connectivity index (χ4n) is 3.13. The molecule has 2 aromatic rings. The van der Waals surface area contributed by atoms with Crippen molar-refractivity contribution in [2.45, 2.75) is 12.3 Å². The first kappa shape index (κ1) is 14.9. The van der Waals surface area contributed by atoms with E-state index in [2.05, 4.69) is 20.9 Å². The zero-order valence-corrected chi connectivity index (χ0v) is 14.1. The van der Waals surface area contributed by atoms with Crippen molar-refractivity contribution in [3.63, 3.8) is 0 Å². The zero-order chi connectivity index (χ0) is 15.8. The lowest BCUT2D eigenvalue weighted by atomic mass is 10.2. The highest BCUT2D eigenvalue weighted by Crippen LogP contribution is 2.51. The quantitative estimate of drug-likeness (QED) is 0.855. The summed E-state index contributed by atoms with van der Waals surface area (Å²) in [4.78, 5) is 26.5. The van der Waals surface area contributed by atoms with Crippen LogP contribution in [0, 0.1) is 5.92 Å². The van der Waals surface area contributed by atoms with Crippen molar-refractivity contribution >= 4 is 34.8 Å². The number of rotatable bonds is 3. The van der Waals surface area contributed by atoms with Crippen molar-refractivity contribution in [3.8, 4) is 0 Å². The Morgan fingerprint density at radius 2 is 1.91 bits per heavy atom. The third-order valence-electron chi connectivity index (χ3n) is 4.49. The largest absolute Gasteiger partial charge is 0.339 e. The summed E-state index contributed by atoms with van der Waals surface area (Å²) in [6.45, 7) is 3.06. The summed E-state index contributed by atoms with van der Waals surface area (Å²) in [6, 6.07) is 5.78. The maximum Gasteiger partial charge on any atom is 0.226 e. The first-order chi connectivity index (χ1) is 11.2. The molecule has 23 heavy (non-hydrogen) atoms. The van der Waals surface area contributed by atoms with Crippen molar-refractivity contribution in [2.75, 3.05) is 31.1 Å². The van der Waals surface area contributed by atoms with Gasteiger partial charge in [-0.15, -0.1) is 11.3 Å². The van der Waals surface area contributed by atoms with E-state index in [0.29, 0.717) is 5.92 Å². The second-order valence-corrected chi connectivity index (χ2v) is 7.70. The van der Waals surface area contributed by atoms with Gasteiger partial charge in [0.1, 0.15) is 0 Å². The van der Waals surface area contributed by atoms with Crippen LogP contribution in [0.4, 0.5) is 5.95 Å². The number of halogens is 1. The van der Waals surface area contributed by atoms with Crippen molar-refractivity contribution in [1.82, 2.24) is 14.9 Å². The molecule has 0 spiro atoms. The van der Waals surface area contributed by atoms with Crippen molar-refractivity contribution in [2.24, 2.45) is 5.92 Å². The fourth-order valence-corrected chi connectivity index (χ4v) is 4.37. The molecule has 1 saturated heterocycles. The molecule has 0 unspecified atom stereocenters. The third kappa shape index (κ3) is 3.05. The smallest absolute Gasteiger partial charge is 0.226 e. The Labute approximate surface area is 143 Å². The number of hydrogen-bond donors (Lipinski definition) is 0. The van der Waals surface area contributed by atoms with E-state index >= 15 is 0 Å². The summed E-state index contributed by atoms with van der Waals surface area (Å²) in [5, 5.41) is 0. The molecule has 2 fully saturated rings. The number of hydrogen-bond acceptors (Lipinski definition) is 5. The van der Waals surface area contributed by atoms with E-state index < -0.39 is 0 Å². The number of amides is 1. The lowest BCUT2D eigenvalue weighted by Gasteiger charge is -2.34. The van der Waals surface area contributed by atoms with Crippen LogP contribution >= 0.6 is 22.9 Å². The number of carbonyl (C=O) groups is 1. The molecule has 1 amide bonds. The molecule has 1 aliphatic carbocycles. The Balaban J connectivity index is 1.33. The average Bonchev–Trinajstić information content (AvgIpc) is 3.29. The molecule has 4 rings (SSSR count). The average molecular weight is 349 g/mol. The van der Waals surface area contributed by atoms with E-state index in [1.54, 1.807) is 23.7 Å². The predicted molar refractivity (Wildman–Crippen MR) is 91.0 cm³/mol. The Bertz CT molecular complexity index is 699. The molecule has 1 saturated carbocycles. The van der Waals surface area contributed by atoms with Gasteiger partial charge in [0.15, 0.2) is 0 Å². The first-order valence-corrected chi connectivity index (χ1v) is 8.98. The van der Waals surface area contributed by atoms with E-state index in [0.717, 1.165) is 42.9 Å². The first-order valence-electron chi connectivity index (χ1n) is 7.78. The molecule has 2 atom stereocenters. The van der Waals surface area contributed by atoms with Crippen LogP contribution in [-0.4, -0.2) is 47.0 Å². The van der Waals surface area contributed by atoms with Crippen LogP contribution in [0.15, 0.2) is 30.6 Å². The van der Waals surface area contributed by atoms with Gasteiger partial charge in [-0.2, -0.15) is 0 Å². The van der Waals surface area contributed by atoms with E-state index in [1.165, 1.54) is 4.88 Å². The van der Waals surface area contributed by atoms with Crippen LogP contribution in [0.5, 0.6) is 0 Å². The topological polar surface area (TPSA) is 49.3 Å². The lowest BCUT2D eigenvalue weighted by molar-refractivity contribution is -0.132. The standard InChI is InChI=1S/C16H17ClN4OS/c17-14-3-2-13(23-14)11-10-12(11)15(22)20-6-8-21(9-7-20)16-18-4-1-5-19-16/h1-5,11-12H,6-10H2/t11-,12-/m1/s1. The number of aromatic nitrogens is 2. The molecule has 0 bridgehead atoms. The van der Waals surface area contributed by atoms with Gasteiger partial charge in [-0.1, -0.05) is 11.6 Å². The fraction of sp³-hybridized carbons (Fsp3) is 0.438. The maximum atomic E-state index is 12.6. The van der Waals surface area contributed by atoms with Gasteiger partial charge in [0, 0.05) is 55.3 Å². The Morgan fingerprint density at radius 1 is 1.17 bits per heavy atom. The summed E-state index contributed by atoms with van der Waals surface area (Å²) < 4.78 is 0.801. The minimum Gasteiger partial charge on any atom is -0.339 e. The van der Waals surface area contributed by atoms with Gasteiger partial charge >= 0.3 is 0 Å². The lowest BCUT2D eigenvalue weighted by Crippen LogP contribution is -2.49. The normalized spacial score (nSPS) is 23.9. The third-order valence-corrected chi connectivity index (χ3v) is 5.86. The molecule has 5 nitrogen and oxygen atoms in total. The van der Waals surface area contributed by atoms with Crippen LogP contribution in [0.2, 0.25) is 4.34 Å². The van der Waals surface area contributed by atoms with E-state index in [-0.39, 0.29) is 11.8 Å². The maximum absolute atomic E-state index is 12.6. The van der Waals surface area contributed by atoms with Crippen LogP contribution in [0.25, 0.3) is 0 Å². The van der Waals surface area contributed by atoms with Crippen LogP contribution in [-0.2, 0) is 4.79 Å². The zero-order valence-electron chi connectivity index (χ0n) is 12.6. The number of nitrogens with zero attached hydrogens (tertiary/aromatic N) is 4. The number of piperazine rings is 1. The molecular formula is C16H17ClN4OS. The molecule has 1 aliphatic heterocycles. The second-order valence-electron chi connectivity index (χ2n) is 5.95. The molecule has 0 aromatic carbocycles. The Kier molecular flexibility index (Phi) is 3.95. The van der Waals surface area contributed by atoms with Gasteiger partial charge in [0.05, 0.1) is 4.34 Å². The van der Waals surface area contributed by atoms with E-state index in [1.807, 2.05) is 17.0 Å². The molecule has 2 aliphatic rings. The summed E-state index contributed by atoms with van der Waals surface area (Å²) in [5.74, 6) is 1.55. The van der Waals surface area contributed by atoms with Gasteiger partial charge in [-0.3, -0.25) is 4.79 Å². The van der Waals surface area contributed by atoms with Gasteiger partial charge in [-0.25, -0.2) is 9.97 Å². The van der Waals surface area contributed by atoms with Crippen molar-refractivity contribution < 1.29 is 4.79 Å².